The average molecular weight is 468 g/mol. The van der Waals surface area contributed by atoms with E-state index in [0.29, 0.717) is 5.69 Å². The maximum absolute atomic E-state index is 13.2. The second kappa shape index (κ2) is 9.46. The quantitative estimate of drug-likeness (QED) is 0.435. The third-order valence-electron chi connectivity index (χ3n) is 6.97. The molecule has 35 heavy (non-hydrogen) atoms. The minimum atomic E-state index is -0.241. The van der Waals surface area contributed by atoms with Crippen LogP contribution in [0.25, 0.3) is 22.0 Å². The number of nitrogens with one attached hydrogen (secondary N) is 2. The molecule has 0 atom stereocenters. The Morgan fingerprint density at radius 3 is 2.66 bits per heavy atom. The number of piperidine rings is 1. The van der Waals surface area contributed by atoms with Gasteiger partial charge in [-0.2, -0.15) is 5.10 Å². The zero-order chi connectivity index (χ0) is 23.6. The second-order valence-electron chi connectivity index (χ2n) is 9.43. The highest BCUT2D eigenvalue weighted by Gasteiger charge is 2.18. The van der Waals surface area contributed by atoms with E-state index in [-0.39, 0.29) is 5.91 Å². The number of amides is 1. The van der Waals surface area contributed by atoms with E-state index in [1.54, 1.807) is 6.20 Å². The van der Waals surface area contributed by atoms with Crippen molar-refractivity contribution in [2.75, 3.05) is 36.4 Å². The van der Waals surface area contributed by atoms with E-state index in [2.05, 4.69) is 41.3 Å². The third-order valence-corrected chi connectivity index (χ3v) is 6.97. The van der Waals surface area contributed by atoms with Crippen LogP contribution < -0.4 is 10.2 Å². The van der Waals surface area contributed by atoms with E-state index < -0.39 is 0 Å². The van der Waals surface area contributed by atoms with E-state index in [4.69, 9.17) is 0 Å². The lowest BCUT2D eigenvalue weighted by Gasteiger charge is -2.30. The van der Waals surface area contributed by atoms with Crippen LogP contribution in [0.4, 0.5) is 11.4 Å². The number of carbonyl (C=O) groups excluding carboxylic acids is 1. The van der Waals surface area contributed by atoms with Crippen LogP contribution in [0.3, 0.4) is 0 Å². The molecule has 0 spiro atoms. The molecule has 8 nitrogen and oxygen atoms in total. The van der Waals surface area contributed by atoms with Gasteiger partial charge in [0.1, 0.15) is 0 Å². The lowest BCUT2D eigenvalue weighted by molar-refractivity contribution is 0.102. The number of carbonyl (C=O) groups is 1. The van der Waals surface area contributed by atoms with Crippen LogP contribution in [0.1, 0.15) is 41.9 Å². The van der Waals surface area contributed by atoms with Crippen molar-refractivity contribution in [1.29, 1.82) is 0 Å². The molecule has 1 aromatic carbocycles. The van der Waals surface area contributed by atoms with Crippen molar-refractivity contribution in [3.05, 3.63) is 66.4 Å². The Morgan fingerprint density at radius 2 is 1.83 bits per heavy atom. The minimum absolute atomic E-state index is 0.241. The van der Waals surface area contributed by atoms with Crippen molar-refractivity contribution in [1.82, 2.24) is 25.1 Å². The highest BCUT2D eigenvalue weighted by atomic mass is 16.1. The third kappa shape index (κ3) is 4.61. The van der Waals surface area contributed by atoms with Gasteiger partial charge >= 0.3 is 0 Å². The first kappa shape index (κ1) is 21.7. The number of rotatable bonds is 6. The minimum Gasteiger partial charge on any atom is -0.370 e. The van der Waals surface area contributed by atoms with Crippen LogP contribution in [0.2, 0.25) is 0 Å². The van der Waals surface area contributed by atoms with E-state index in [1.807, 2.05) is 42.7 Å². The van der Waals surface area contributed by atoms with Crippen molar-refractivity contribution < 1.29 is 4.79 Å². The summed E-state index contributed by atoms with van der Waals surface area (Å²) in [6, 6.07) is 12.0. The van der Waals surface area contributed by atoms with Gasteiger partial charge in [0.2, 0.25) is 0 Å². The highest BCUT2D eigenvalue weighted by molar-refractivity contribution is 6.11. The molecule has 2 N–H and O–H groups in total. The zero-order valence-electron chi connectivity index (χ0n) is 19.7. The van der Waals surface area contributed by atoms with Crippen molar-refractivity contribution in [3.63, 3.8) is 0 Å². The Hall–Kier alpha value is -3.78. The number of fused-ring (bicyclic) bond motifs is 1. The normalized spacial score (nSPS) is 16.3. The number of hydrogen-bond acceptors (Lipinski definition) is 6. The number of likely N-dealkylation sites (tertiary alicyclic amines) is 1. The van der Waals surface area contributed by atoms with Gasteiger partial charge < -0.3 is 10.2 Å². The molecule has 0 aliphatic carbocycles. The monoisotopic (exact) mass is 467 g/mol. The molecule has 1 amide bonds. The maximum Gasteiger partial charge on any atom is 0.276 e. The summed E-state index contributed by atoms with van der Waals surface area (Å²) < 4.78 is 0. The summed E-state index contributed by atoms with van der Waals surface area (Å²) in [5, 5.41) is 11.1. The summed E-state index contributed by atoms with van der Waals surface area (Å²) in [5.41, 5.74) is 6.09. The second-order valence-corrected chi connectivity index (χ2v) is 9.43. The van der Waals surface area contributed by atoms with Crippen molar-refractivity contribution in [2.24, 2.45) is 0 Å². The molecule has 0 bridgehead atoms. The number of hydrogen-bond donors (Lipinski definition) is 2. The summed E-state index contributed by atoms with van der Waals surface area (Å²) in [6.07, 6.45) is 10.5. The van der Waals surface area contributed by atoms with E-state index in [1.165, 1.54) is 25.7 Å². The van der Waals surface area contributed by atoms with Crippen LogP contribution >= 0.6 is 0 Å². The molecule has 2 saturated heterocycles. The first-order chi connectivity index (χ1) is 17.2. The number of pyridine rings is 2. The lowest BCUT2D eigenvalue weighted by atomic mass is 10.0. The molecule has 3 aromatic heterocycles. The van der Waals surface area contributed by atoms with Crippen LogP contribution in [-0.4, -0.2) is 57.2 Å². The largest absolute Gasteiger partial charge is 0.370 e. The lowest BCUT2D eigenvalue weighted by Crippen LogP contribution is -2.36. The number of aromatic amines is 1. The Labute approximate surface area is 204 Å². The smallest absolute Gasteiger partial charge is 0.276 e. The Morgan fingerprint density at radius 1 is 0.943 bits per heavy atom. The molecule has 2 aliphatic rings. The molecule has 178 valence electrons. The number of nitrogens with zero attached hydrogens (tertiary/aromatic N) is 5. The van der Waals surface area contributed by atoms with Crippen molar-refractivity contribution in [2.45, 2.75) is 32.2 Å². The number of benzene rings is 1. The Kier molecular flexibility index (Phi) is 5.88. The van der Waals surface area contributed by atoms with Crippen LogP contribution in [0.15, 0.2) is 55.0 Å². The summed E-state index contributed by atoms with van der Waals surface area (Å²) in [5.74, 6) is -0.241. The molecule has 0 saturated carbocycles. The van der Waals surface area contributed by atoms with Gasteiger partial charge in [0.25, 0.3) is 5.91 Å². The van der Waals surface area contributed by atoms with E-state index >= 15 is 0 Å². The van der Waals surface area contributed by atoms with E-state index in [0.717, 1.165) is 71.8 Å². The molecule has 0 unspecified atom stereocenters. The SMILES string of the molecule is O=C(Nc1ccnc(CN2CCC2)c1)c1n[nH]c2ccc(-c3cncc(N4CCCCC4)c3)cc12. The number of H-pyrrole nitrogens is 1. The molecular formula is C27H29N7O. The van der Waals surface area contributed by atoms with Crippen LogP contribution in [0, 0.1) is 0 Å². The van der Waals surface area contributed by atoms with Crippen LogP contribution in [0.5, 0.6) is 0 Å². The fourth-order valence-corrected chi connectivity index (χ4v) is 4.88. The molecule has 2 fully saturated rings. The molecule has 4 aromatic rings. The van der Waals surface area contributed by atoms with Gasteiger partial charge in [0, 0.05) is 48.7 Å². The molecule has 6 rings (SSSR count). The van der Waals surface area contributed by atoms with Gasteiger partial charge in [0.15, 0.2) is 5.69 Å². The topological polar surface area (TPSA) is 90.0 Å². The van der Waals surface area contributed by atoms with Gasteiger partial charge in [-0.05, 0) is 74.7 Å². The standard InChI is InChI=1S/C27H29N7O/c35-27(30-21-7-8-29-22(15-21)18-33-9-4-10-33)26-24-14-19(5-6-25(24)31-32-26)20-13-23(17-28-16-20)34-11-2-1-3-12-34/h5-8,13-17H,1-4,9-12,18H2,(H,31,32)(H,29,30,35). The molecule has 8 heteroatoms. The molecule has 2 aliphatic heterocycles. The molecule has 0 radical (unpaired) electrons. The average Bonchev–Trinajstić information content (AvgIpc) is 3.31. The van der Waals surface area contributed by atoms with Crippen molar-refractivity contribution >= 4 is 28.2 Å². The molecular weight excluding hydrogens is 438 g/mol. The van der Waals surface area contributed by atoms with Gasteiger partial charge in [-0.15, -0.1) is 0 Å². The van der Waals surface area contributed by atoms with Gasteiger partial charge in [0.05, 0.1) is 23.1 Å². The van der Waals surface area contributed by atoms with Crippen LogP contribution in [-0.2, 0) is 6.54 Å². The first-order valence-electron chi connectivity index (χ1n) is 12.4. The van der Waals surface area contributed by atoms with Crippen molar-refractivity contribution in [3.8, 4) is 11.1 Å². The highest BCUT2D eigenvalue weighted by Crippen LogP contribution is 2.29. The predicted molar refractivity (Wildman–Crippen MR) is 137 cm³/mol. The van der Waals surface area contributed by atoms with Gasteiger partial charge in [-0.25, -0.2) is 0 Å². The zero-order valence-corrected chi connectivity index (χ0v) is 19.7. The van der Waals surface area contributed by atoms with Gasteiger partial charge in [-0.1, -0.05) is 6.07 Å². The van der Waals surface area contributed by atoms with Gasteiger partial charge in [-0.3, -0.25) is 24.8 Å². The first-order valence-corrected chi connectivity index (χ1v) is 12.4. The Bertz CT molecular complexity index is 1350. The maximum atomic E-state index is 13.2. The molecule has 5 heterocycles. The predicted octanol–water partition coefficient (Wildman–Crippen LogP) is 4.47. The Balaban J connectivity index is 1.24. The number of anilines is 2. The fraction of sp³-hybridized carbons (Fsp3) is 0.333. The summed E-state index contributed by atoms with van der Waals surface area (Å²) >= 11 is 0. The summed E-state index contributed by atoms with van der Waals surface area (Å²) in [7, 11) is 0. The number of aromatic nitrogens is 4. The summed E-state index contributed by atoms with van der Waals surface area (Å²) in [4.78, 5) is 26.8. The fourth-order valence-electron chi connectivity index (χ4n) is 4.88. The van der Waals surface area contributed by atoms with E-state index in [9.17, 15) is 4.79 Å². The summed E-state index contributed by atoms with van der Waals surface area (Å²) in [6.45, 7) is 5.17.